The summed E-state index contributed by atoms with van der Waals surface area (Å²) in [6, 6.07) is 0. The summed E-state index contributed by atoms with van der Waals surface area (Å²) in [5.74, 6) is -0.697. The molecule has 5 nitrogen and oxygen atoms in total. The fourth-order valence-electron chi connectivity index (χ4n) is 3.24. The van der Waals surface area contributed by atoms with Crippen LogP contribution in [-0.4, -0.2) is 35.2 Å². The third-order valence-corrected chi connectivity index (χ3v) is 5.34. The van der Waals surface area contributed by atoms with E-state index in [9.17, 15) is 14.7 Å². The van der Waals surface area contributed by atoms with Crippen molar-refractivity contribution >= 4 is 23.4 Å². The van der Waals surface area contributed by atoms with Gasteiger partial charge in [0.15, 0.2) is 5.60 Å². The van der Waals surface area contributed by atoms with Gasteiger partial charge in [0, 0.05) is 6.92 Å². The first-order valence-corrected chi connectivity index (χ1v) is 9.50. The van der Waals surface area contributed by atoms with Crippen LogP contribution < -0.4 is 0 Å². The molecule has 4 atom stereocenters. The van der Waals surface area contributed by atoms with Crippen LogP contribution in [0.4, 0.5) is 0 Å². The molecule has 148 valence electrons. The van der Waals surface area contributed by atoms with Gasteiger partial charge < -0.3 is 14.6 Å². The Hall–Kier alpha value is -1.85. The second-order valence-electron chi connectivity index (χ2n) is 7.37. The third-order valence-electron chi connectivity index (χ3n) is 4.95. The molecule has 0 aromatic rings. The van der Waals surface area contributed by atoms with Gasteiger partial charge in [0.2, 0.25) is 5.78 Å². The van der Waals surface area contributed by atoms with Gasteiger partial charge in [0.05, 0.1) is 17.6 Å². The maximum Gasteiger partial charge on any atom is 0.303 e. The molecule has 1 aliphatic heterocycles. The third kappa shape index (κ3) is 4.71. The van der Waals surface area contributed by atoms with E-state index in [0.717, 1.165) is 12.0 Å². The van der Waals surface area contributed by atoms with E-state index in [4.69, 9.17) is 21.1 Å². The number of fused-ring (bicyclic) bond motifs is 1. The van der Waals surface area contributed by atoms with E-state index in [1.807, 2.05) is 19.1 Å². The maximum absolute atomic E-state index is 12.5. The molecule has 0 spiro atoms. The van der Waals surface area contributed by atoms with Gasteiger partial charge in [-0.3, -0.25) is 9.59 Å². The molecule has 6 heteroatoms. The van der Waals surface area contributed by atoms with E-state index >= 15 is 0 Å². The monoisotopic (exact) mass is 394 g/mol. The van der Waals surface area contributed by atoms with Gasteiger partial charge in [-0.2, -0.15) is 0 Å². The number of carbonyl (C=O) groups is 2. The Kier molecular flexibility index (Phi) is 6.71. The zero-order valence-electron chi connectivity index (χ0n) is 16.4. The quantitative estimate of drug-likeness (QED) is 0.566. The molecule has 0 radical (unpaired) electrons. The van der Waals surface area contributed by atoms with Crippen LogP contribution in [0, 0.1) is 11.8 Å². The van der Waals surface area contributed by atoms with Gasteiger partial charge in [-0.05, 0) is 37.5 Å². The summed E-state index contributed by atoms with van der Waals surface area (Å²) in [6.45, 7) is 8.99. The number of carbonyl (C=O) groups excluding carboxylic acids is 2. The minimum Gasteiger partial charge on any atom is -0.493 e. The molecule has 1 heterocycles. The van der Waals surface area contributed by atoms with Crippen molar-refractivity contribution in [2.24, 2.45) is 11.8 Å². The van der Waals surface area contributed by atoms with E-state index in [0.29, 0.717) is 17.3 Å². The smallest absolute Gasteiger partial charge is 0.303 e. The van der Waals surface area contributed by atoms with Gasteiger partial charge in [-0.15, -0.1) is 0 Å². The zero-order valence-corrected chi connectivity index (χ0v) is 17.2. The number of allylic oxidation sites excluding steroid dienone is 5. The van der Waals surface area contributed by atoms with Crippen molar-refractivity contribution in [2.45, 2.75) is 52.7 Å². The van der Waals surface area contributed by atoms with Crippen LogP contribution in [0.2, 0.25) is 0 Å². The maximum atomic E-state index is 12.5. The molecule has 0 fully saturated rings. The number of hydrogen-bond donors (Lipinski definition) is 1. The molecule has 0 amide bonds. The summed E-state index contributed by atoms with van der Waals surface area (Å²) in [4.78, 5) is 23.9. The highest BCUT2D eigenvalue weighted by molar-refractivity contribution is 6.44. The number of esters is 1. The second-order valence-corrected chi connectivity index (χ2v) is 7.75. The lowest BCUT2D eigenvalue weighted by atomic mass is 9.74. The van der Waals surface area contributed by atoms with Crippen molar-refractivity contribution in [3.63, 3.8) is 0 Å². The summed E-state index contributed by atoms with van der Waals surface area (Å²) in [5, 5.41) is 10.5. The topological polar surface area (TPSA) is 72.8 Å². The van der Waals surface area contributed by atoms with Gasteiger partial charge >= 0.3 is 5.97 Å². The Morgan fingerprint density at radius 1 is 1.52 bits per heavy atom. The predicted octanol–water partition coefficient (Wildman–Crippen LogP) is 3.82. The van der Waals surface area contributed by atoms with Crippen LogP contribution in [0.3, 0.4) is 0 Å². The second kappa shape index (κ2) is 8.44. The molecule has 27 heavy (non-hydrogen) atoms. The van der Waals surface area contributed by atoms with Crippen molar-refractivity contribution < 1.29 is 24.2 Å². The number of rotatable bonds is 5. The fraction of sp³-hybridized carbons (Fsp3) is 0.524. The van der Waals surface area contributed by atoms with E-state index in [-0.39, 0.29) is 11.6 Å². The van der Waals surface area contributed by atoms with E-state index < -0.39 is 29.4 Å². The fourth-order valence-corrected chi connectivity index (χ4v) is 3.62. The van der Waals surface area contributed by atoms with Crippen LogP contribution in [0.5, 0.6) is 0 Å². The van der Waals surface area contributed by atoms with Crippen molar-refractivity contribution in [1.82, 2.24) is 0 Å². The number of ketones is 1. The van der Waals surface area contributed by atoms with Crippen LogP contribution in [0.1, 0.15) is 41.0 Å². The average molecular weight is 395 g/mol. The van der Waals surface area contributed by atoms with Crippen LogP contribution in [-0.2, 0) is 19.1 Å². The molecule has 0 unspecified atom stereocenters. The highest BCUT2D eigenvalue weighted by Gasteiger charge is 2.53. The highest BCUT2D eigenvalue weighted by Crippen LogP contribution is 2.41. The highest BCUT2D eigenvalue weighted by atomic mass is 35.5. The molecule has 1 N–H and O–H groups in total. The van der Waals surface area contributed by atoms with Crippen LogP contribution in [0.25, 0.3) is 0 Å². The van der Waals surface area contributed by atoms with Gasteiger partial charge in [-0.25, -0.2) is 0 Å². The van der Waals surface area contributed by atoms with Gasteiger partial charge in [0.1, 0.15) is 11.9 Å². The molecule has 0 aromatic carbocycles. The minimum atomic E-state index is -1.89. The first-order chi connectivity index (χ1) is 12.6. The lowest BCUT2D eigenvalue weighted by Crippen LogP contribution is -2.57. The van der Waals surface area contributed by atoms with Crippen molar-refractivity contribution in [3.8, 4) is 0 Å². The summed E-state index contributed by atoms with van der Waals surface area (Å²) in [5.41, 5.74) is -0.262. The number of aliphatic hydroxyl groups is 1. The molecular formula is C21H27ClO5. The van der Waals surface area contributed by atoms with E-state index in [2.05, 4.69) is 19.9 Å². The molecule has 1 aliphatic carbocycles. The molecular weight excluding hydrogens is 368 g/mol. The molecule has 0 aromatic heterocycles. The van der Waals surface area contributed by atoms with E-state index in [1.54, 1.807) is 6.08 Å². The SMILES string of the molecule is CC[C@@H](C)/C=C(C)/C=C/C1=CC2=C(Cl)C(=O)[C@@](C)(O)[C@@H](OC(C)=O)[C@@H]2CO1. The number of halogens is 1. The summed E-state index contributed by atoms with van der Waals surface area (Å²) < 4.78 is 11.0. The minimum absolute atomic E-state index is 0.0468. The first-order valence-electron chi connectivity index (χ1n) is 9.13. The summed E-state index contributed by atoms with van der Waals surface area (Å²) >= 11 is 6.24. The molecule has 0 saturated carbocycles. The van der Waals surface area contributed by atoms with Crippen LogP contribution >= 0.6 is 11.6 Å². The number of ether oxygens (including phenoxy) is 2. The van der Waals surface area contributed by atoms with E-state index in [1.165, 1.54) is 13.8 Å². The Bertz CT molecular complexity index is 742. The Balaban J connectivity index is 2.34. The molecule has 0 bridgehead atoms. The van der Waals surface area contributed by atoms with Crippen molar-refractivity contribution in [1.29, 1.82) is 0 Å². The average Bonchev–Trinajstić information content (AvgIpc) is 2.61. The normalized spacial score (nSPS) is 30.0. The number of Topliss-reactive ketones (excluding diaryl/α,β-unsaturated/α-hetero) is 1. The predicted molar refractivity (Wildman–Crippen MR) is 104 cm³/mol. The Morgan fingerprint density at radius 3 is 2.78 bits per heavy atom. The van der Waals surface area contributed by atoms with Gasteiger partial charge in [0.25, 0.3) is 0 Å². The lowest BCUT2D eigenvalue weighted by molar-refractivity contribution is -0.174. The lowest BCUT2D eigenvalue weighted by Gasteiger charge is -2.42. The first kappa shape index (κ1) is 21.5. The largest absolute Gasteiger partial charge is 0.493 e. The molecule has 2 aliphatic rings. The van der Waals surface area contributed by atoms with Crippen molar-refractivity contribution in [2.75, 3.05) is 6.61 Å². The number of hydrogen-bond acceptors (Lipinski definition) is 5. The summed E-state index contributed by atoms with van der Waals surface area (Å²) in [6.07, 6.45) is 7.62. The van der Waals surface area contributed by atoms with Crippen LogP contribution in [0.15, 0.2) is 46.2 Å². The Morgan fingerprint density at radius 2 is 2.19 bits per heavy atom. The Labute approximate surface area is 165 Å². The van der Waals surface area contributed by atoms with Crippen molar-refractivity contribution in [3.05, 3.63) is 46.2 Å². The molecule has 0 saturated heterocycles. The molecule has 2 rings (SSSR count). The standard InChI is InChI=1S/C21H27ClO5/c1-6-12(2)9-13(3)7-8-15-10-16-17(11-26-15)20(27-14(4)23)21(5,25)19(24)18(16)22/h7-10,12,17,20,25H,6,11H2,1-5H3/b8-7+,13-9+/t12-,17-,20+,21-/m1/s1. The zero-order chi connectivity index (χ0) is 20.4. The summed E-state index contributed by atoms with van der Waals surface area (Å²) in [7, 11) is 0. The van der Waals surface area contributed by atoms with Gasteiger partial charge in [-0.1, -0.05) is 49.6 Å².